The summed E-state index contributed by atoms with van der Waals surface area (Å²) in [6.45, 7) is 9.71. The maximum Gasteiger partial charge on any atom is 0.469 e. The van der Waals surface area contributed by atoms with Crippen LogP contribution in [0, 0.1) is 6.92 Å². The minimum atomic E-state index is -4.52. The minimum absolute atomic E-state index is 0.00525. The Labute approximate surface area is 585 Å². The van der Waals surface area contributed by atoms with Crippen LogP contribution in [-0.4, -0.2) is 137 Å². The van der Waals surface area contributed by atoms with E-state index in [0.29, 0.717) is 30.4 Å². The molecule has 4 aromatic carbocycles. The van der Waals surface area contributed by atoms with Gasteiger partial charge in [0.25, 0.3) is 0 Å². The number of hydrogen-bond donors (Lipinski definition) is 12. The van der Waals surface area contributed by atoms with E-state index in [1.807, 2.05) is 91.9 Å². The smallest absolute Gasteiger partial charge is 0.305 e. The molecule has 4 fully saturated rings. The third kappa shape index (κ3) is 36.2. The molecule has 4 aromatic rings. The summed E-state index contributed by atoms with van der Waals surface area (Å²) < 4.78 is 62.0. The molecule has 4 saturated heterocycles. The lowest BCUT2D eigenvalue weighted by Crippen LogP contribution is -2.31. The third-order valence-electron chi connectivity index (χ3n) is 17.8. The molecule has 24 nitrogen and oxygen atoms in total. The maximum absolute atomic E-state index is 12.5. The average molecular weight is 1460 g/mol. The zero-order valence-electron chi connectivity index (χ0n) is 58.0. The maximum atomic E-state index is 12.5. The highest BCUT2D eigenvalue weighted by Crippen LogP contribution is 2.42. The second-order valence-corrected chi connectivity index (χ2v) is 31.2. The Kier molecular flexibility index (Phi) is 38.4. The van der Waals surface area contributed by atoms with Gasteiger partial charge in [0.15, 0.2) is 23.1 Å². The van der Waals surface area contributed by atoms with E-state index in [1.165, 1.54) is 132 Å². The number of phosphoric ester groups is 4. The lowest BCUT2D eigenvalue weighted by molar-refractivity contribution is -0.121. The fraction of sp³-hybridized carbons (Fsp3) is 0.606. The number of benzene rings is 4. The van der Waals surface area contributed by atoms with Crippen molar-refractivity contribution < 1.29 is 94.7 Å². The molecule has 12 N–H and O–H groups in total. The molecule has 0 amide bonds. The molecule has 4 heterocycles. The van der Waals surface area contributed by atoms with Crippen LogP contribution in [-0.2, 0) is 78.0 Å². The summed E-state index contributed by atoms with van der Waals surface area (Å²) in [5, 5.41) is 11.9. The number of ketones is 4. The Balaban J connectivity index is 0.000000239. The van der Waals surface area contributed by atoms with Gasteiger partial charge in [0.1, 0.15) is 0 Å². The molecule has 0 aromatic heterocycles. The van der Waals surface area contributed by atoms with Crippen molar-refractivity contribution in [2.75, 3.05) is 26.2 Å². The number of carbonyl (C=O) groups excluding carboxylic acids is 4. The quantitative estimate of drug-likeness (QED) is 0.0112. The number of aryl methyl sites for hydroxylation is 4. The Morgan fingerprint density at radius 3 is 0.859 bits per heavy atom. The van der Waals surface area contributed by atoms with Gasteiger partial charge in [-0.1, -0.05) is 220 Å². The first kappa shape index (κ1) is 85.5. The van der Waals surface area contributed by atoms with Crippen molar-refractivity contribution in [2.24, 2.45) is 0 Å². The molecule has 8 rings (SSSR count). The predicted molar refractivity (Wildman–Crippen MR) is 381 cm³/mol. The summed E-state index contributed by atoms with van der Waals surface area (Å²) >= 11 is 0. The average Bonchev–Trinajstić information content (AvgIpc) is 1.76. The third-order valence-corrected chi connectivity index (χ3v) is 20.0. The first-order valence-electron chi connectivity index (χ1n) is 35.3. The Bertz CT molecular complexity index is 3120. The number of phosphoric acid groups is 4. The molecule has 28 heteroatoms. The highest BCUT2D eigenvalue weighted by atomic mass is 31.2. The molecule has 4 aliphatic rings. The highest BCUT2D eigenvalue weighted by molar-refractivity contribution is 7.47. The van der Waals surface area contributed by atoms with Crippen molar-refractivity contribution >= 4 is 54.4 Å². The Hall–Kier alpha value is -4.16. The van der Waals surface area contributed by atoms with Gasteiger partial charge in [-0.3, -0.25) is 37.3 Å². The number of rotatable bonds is 39. The van der Waals surface area contributed by atoms with Crippen LogP contribution in [0.3, 0.4) is 0 Å². The number of carbonyl (C=O) groups is 4. The fourth-order valence-corrected chi connectivity index (χ4v) is 14.6. The van der Waals surface area contributed by atoms with Crippen molar-refractivity contribution in [2.45, 2.75) is 250 Å². The molecule has 0 bridgehead atoms. The summed E-state index contributed by atoms with van der Waals surface area (Å²) in [5.41, 5.74) is 8.04. The molecule has 554 valence electrons. The lowest BCUT2D eigenvalue weighted by Gasteiger charge is -2.12. The van der Waals surface area contributed by atoms with E-state index in [2.05, 4.69) is 72.3 Å². The molecule has 99 heavy (non-hydrogen) atoms. The van der Waals surface area contributed by atoms with Crippen LogP contribution in [0.15, 0.2) is 97.1 Å². The second-order valence-electron chi connectivity index (χ2n) is 26.4. The van der Waals surface area contributed by atoms with E-state index in [4.69, 9.17) is 39.1 Å². The largest absolute Gasteiger partial charge is 0.469 e. The van der Waals surface area contributed by atoms with Gasteiger partial charge in [0.2, 0.25) is 0 Å². The zero-order chi connectivity index (χ0) is 72.4. The molecule has 0 spiro atoms. The summed E-state index contributed by atoms with van der Waals surface area (Å²) in [6.07, 6.45) is 25.2. The normalized spacial score (nSPS) is 20.8. The molecular weight excluding hydrogens is 1350 g/mol. The van der Waals surface area contributed by atoms with E-state index >= 15 is 0 Å². The van der Waals surface area contributed by atoms with Crippen molar-refractivity contribution in [3.63, 3.8) is 0 Å². The van der Waals surface area contributed by atoms with Crippen LogP contribution >= 0.6 is 31.3 Å². The van der Waals surface area contributed by atoms with Crippen molar-refractivity contribution in [3.8, 4) is 0 Å². The van der Waals surface area contributed by atoms with Crippen molar-refractivity contribution in [1.29, 1.82) is 0 Å². The van der Waals surface area contributed by atoms with Gasteiger partial charge >= 0.3 is 31.3 Å². The van der Waals surface area contributed by atoms with Gasteiger partial charge in [0, 0.05) is 50.1 Å². The molecule has 8 atom stereocenters. The topological polar surface area (TPSA) is 383 Å². The number of hydrogen-bond acceptors (Lipinski definition) is 16. The van der Waals surface area contributed by atoms with Crippen molar-refractivity contribution in [3.05, 3.63) is 142 Å². The van der Waals surface area contributed by atoms with E-state index in [1.54, 1.807) is 0 Å². The van der Waals surface area contributed by atoms with E-state index in [0.717, 1.165) is 36.0 Å². The summed E-state index contributed by atoms with van der Waals surface area (Å²) in [5.74, 6) is -0.0954. The number of Topliss-reactive ketones (excluding diaryl/α,β-unsaturated/α-hetero) is 4. The van der Waals surface area contributed by atoms with Crippen molar-refractivity contribution in [1.82, 2.24) is 21.3 Å². The molecule has 0 saturated carbocycles. The van der Waals surface area contributed by atoms with Gasteiger partial charge in [-0.15, -0.1) is 0 Å². The zero-order valence-corrected chi connectivity index (χ0v) is 61.6. The van der Waals surface area contributed by atoms with Gasteiger partial charge in [-0.25, -0.2) is 18.3 Å². The Morgan fingerprint density at radius 2 is 0.576 bits per heavy atom. The summed E-state index contributed by atoms with van der Waals surface area (Å²) in [4.78, 5) is 120. The van der Waals surface area contributed by atoms with Gasteiger partial charge in [-0.05, 0) is 98.9 Å². The highest BCUT2D eigenvalue weighted by Gasteiger charge is 2.38. The van der Waals surface area contributed by atoms with E-state index in [9.17, 15) is 37.4 Å². The molecule has 0 aliphatic carbocycles. The fourth-order valence-electron chi connectivity index (χ4n) is 12.4. The summed E-state index contributed by atoms with van der Waals surface area (Å²) in [6, 6.07) is 29.5. The number of unbranched alkanes of at least 4 members (excludes halogenated alkanes) is 15. The van der Waals surface area contributed by atoms with Crippen LogP contribution in [0.2, 0.25) is 0 Å². The summed E-state index contributed by atoms with van der Waals surface area (Å²) in [7, 11) is -18.1. The van der Waals surface area contributed by atoms with Gasteiger partial charge in [-0.2, -0.15) is 0 Å². The molecule has 0 unspecified atom stereocenters. The van der Waals surface area contributed by atoms with E-state index in [-0.39, 0.29) is 68.6 Å². The van der Waals surface area contributed by atoms with Gasteiger partial charge in [0.05, 0.1) is 48.6 Å². The van der Waals surface area contributed by atoms with Crippen LogP contribution in [0.25, 0.3) is 0 Å². The standard InChI is InChI=1S/C20H32NO5P.2C19H30NO5P.C13H18NO5P/c1-2-3-4-5-6-7-8-16-9-11-17(12-10-16)13-20(22)19-14-18(15-21-19)26-27(23,24)25;2*1-2-3-4-5-6-7-8-15-9-11-16(12-10-15)19(21)18-13-17(14-20-18)25-26(22,23)24;1-9-2-4-10(5-3-9)6-13(15)12-7-11(8-14-12)19-20(16,17)18/h9-12,18-19,21H,2-8,13-15H2,1H3,(H2,23,24,25);2*9-12,17-18,20H,2-8,13-14H2,1H3,(H2,22,23,24);2-5,11-12,14H,6-8H2,1H3,(H2,16,17,18)/t18-,19+;2*17-,18+;11-,12+/m1100/s1. The SMILES string of the molecule is CCCCCCCCc1ccc(C(=O)[C@@H]2C[C@@H](OP(=O)(O)O)CN2)cc1.CCCCCCCCc1ccc(C(=O)[C@H]2C[C@H](OP(=O)(O)O)CN2)cc1.CCCCCCCCc1ccc(CC(=O)[C@@H]2C[C@@H](OP(=O)(O)O)CN2)cc1.Cc1ccc(CC(=O)[C@H]2C[C@H](OP(=O)(O)O)CN2)cc1. The van der Waals surface area contributed by atoms with Crippen LogP contribution in [0.4, 0.5) is 0 Å². The predicted octanol–water partition coefficient (Wildman–Crippen LogP) is 11.7. The van der Waals surface area contributed by atoms with Gasteiger partial charge < -0.3 is 60.4 Å². The lowest BCUT2D eigenvalue weighted by atomic mass is 9.99. The molecule has 0 radical (unpaired) electrons. The first-order chi connectivity index (χ1) is 47.0. The van der Waals surface area contributed by atoms with E-state index < -0.39 is 79.9 Å². The second kappa shape index (κ2) is 44.5. The van der Waals surface area contributed by atoms with Crippen LogP contribution in [0.5, 0.6) is 0 Å². The van der Waals surface area contributed by atoms with Crippen LogP contribution in [0.1, 0.15) is 216 Å². The molecular formula is C71H110N4O20P4. The molecule has 4 aliphatic heterocycles. The van der Waals surface area contributed by atoms with Crippen LogP contribution < -0.4 is 21.3 Å². The monoisotopic (exact) mass is 1460 g/mol. The number of nitrogens with one attached hydrogen (secondary N) is 4. The first-order valence-corrected chi connectivity index (χ1v) is 41.4. The minimum Gasteiger partial charge on any atom is -0.305 e. The Morgan fingerprint density at radius 1 is 0.343 bits per heavy atom.